The summed E-state index contributed by atoms with van der Waals surface area (Å²) in [6, 6.07) is -0.510. The molecule has 0 saturated heterocycles. The van der Waals surface area contributed by atoms with Gasteiger partial charge in [-0.3, -0.25) is 4.79 Å². The van der Waals surface area contributed by atoms with Gasteiger partial charge in [0, 0.05) is 13.5 Å². The molecular formula is C8H15N5O2. The van der Waals surface area contributed by atoms with Crippen LogP contribution < -0.4 is 11.1 Å². The molecule has 2 unspecified atom stereocenters. The molecule has 7 nitrogen and oxygen atoms in total. The first-order chi connectivity index (χ1) is 7.09. The zero-order valence-corrected chi connectivity index (χ0v) is 8.50. The number of amides is 1. The molecule has 0 fully saturated rings. The van der Waals surface area contributed by atoms with Crippen molar-refractivity contribution in [2.24, 2.45) is 5.73 Å². The Balaban J connectivity index is 2.33. The third kappa shape index (κ3) is 4.05. The Morgan fingerprint density at radius 2 is 2.20 bits per heavy atom. The average molecular weight is 213 g/mol. The van der Waals surface area contributed by atoms with Gasteiger partial charge in [0.05, 0.1) is 31.1 Å². The smallest absolute Gasteiger partial charge is 0.216 e. The van der Waals surface area contributed by atoms with Gasteiger partial charge in [-0.05, 0) is 0 Å². The molecule has 84 valence electrons. The fourth-order valence-electron chi connectivity index (χ4n) is 1.05. The zero-order chi connectivity index (χ0) is 11.3. The van der Waals surface area contributed by atoms with E-state index in [1.165, 1.54) is 24.1 Å². The summed E-state index contributed by atoms with van der Waals surface area (Å²) >= 11 is 0. The average Bonchev–Trinajstić information content (AvgIpc) is 2.66. The van der Waals surface area contributed by atoms with E-state index in [9.17, 15) is 9.90 Å². The molecule has 1 heterocycles. The van der Waals surface area contributed by atoms with Crippen LogP contribution in [-0.2, 0) is 11.3 Å². The van der Waals surface area contributed by atoms with Crippen molar-refractivity contribution in [3.05, 3.63) is 12.4 Å². The molecule has 1 rings (SSSR count). The number of aromatic nitrogens is 3. The van der Waals surface area contributed by atoms with Crippen molar-refractivity contribution < 1.29 is 9.90 Å². The molecule has 0 aliphatic carbocycles. The number of nitrogens with two attached hydrogens (primary N) is 1. The monoisotopic (exact) mass is 213 g/mol. The van der Waals surface area contributed by atoms with E-state index in [0.717, 1.165) is 0 Å². The highest BCUT2D eigenvalue weighted by molar-refractivity contribution is 5.72. The summed E-state index contributed by atoms with van der Waals surface area (Å²) in [5, 5.41) is 19.8. The minimum atomic E-state index is -0.806. The molecule has 0 aliphatic rings. The van der Waals surface area contributed by atoms with Gasteiger partial charge in [0.1, 0.15) is 0 Å². The van der Waals surface area contributed by atoms with Crippen LogP contribution in [0.1, 0.15) is 6.92 Å². The largest absolute Gasteiger partial charge is 0.390 e. The van der Waals surface area contributed by atoms with E-state index in [1.807, 2.05) is 0 Å². The van der Waals surface area contributed by atoms with Crippen molar-refractivity contribution in [2.45, 2.75) is 25.6 Å². The number of aliphatic hydroxyl groups excluding tert-OH is 1. The van der Waals surface area contributed by atoms with Crippen LogP contribution >= 0.6 is 0 Å². The van der Waals surface area contributed by atoms with E-state index < -0.39 is 12.1 Å². The molecular weight excluding hydrogens is 198 g/mol. The summed E-state index contributed by atoms with van der Waals surface area (Å²) < 4.78 is 0. The van der Waals surface area contributed by atoms with Gasteiger partial charge < -0.3 is 16.2 Å². The Hall–Kier alpha value is -1.47. The fraction of sp³-hybridized carbons (Fsp3) is 0.625. The maximum absolute atomic E-state index is 10.6. The molecule has 0 spiro atoms. The van der Waals surface area contributed by atoms with Gasteiger partial charge in [-0.2, -0.15) is 15.0 Å². The first-order valence-electron chi connectivity index (χ1n) is 4.61. The third-order valence-corrected chi connectivity index (χ3v) is 1.90. The maximum atomic E-state index is 10.6. The number of carbonyl (C=O) groups is 1. The van der Waals surface area contributed by atoms with Gasteiger partial charge >= 0.3 is 0 Å². The Labute approximate surface area is 87.3 Å². The molecule has 1 amide bonds. The van der Waals surface area contributed by atoms with Gasteiger partial charge in [0.15, 0.2) is 0 Å². The van der Waals surface area contributed by atoms with Gasteiger partial charge in [-0.1, -0.05) is 0 Å². The standard InChI is InChI=1S/C8H15N5O2/c1-6(14)10-4-8(15)7(9)5-13-11-2-3-12-13/h2-3,7-8,15H,4-5,9H2,1H3,(H,10,14). The Bertz CT molecular complexity index is 300. The van der Waals surface area contributed by atoms with Crippen LogP contribution in [0.2, 0.25) is 0 Å². The SMILES string of the molecule is CC(=O)NCC(O)C(N)Cn1nccn1. The maximum Gasteiger partial charge on any atom is 0.216 e. The number of carbonyl (C=O) groups excluding carboxylic acids is 1. The van der Waals surface area contributed by atoms with E-state index >= 15 is 0 Å². The van der Waals surface area contributed by atoms with E-state index in [0.29, 0.717) is 6.54 Å². The van der Waals surface area contributed by atoms with Crippen LogP contribution in [0.25, 0.3) is 0 Å². The number of rotatable bonds is 5. The lowest BCUT2D eigenvalue weighted by atomic mass is 10.2. The van der Waals surface area contributed by atoms with Crippen LogP contribution in [0.5, 0.6) is 0 Å². The zero-order valence-electron chi connectivity index (χ0n) is 8.50. The lowest BCUT2D eigenvalue weighted by Crippen LogP contribution is -2.45. The quantitative estimate of drug-likeness (QED) is 0.530. The van der Waals surface area contributed by atoms with E-state index in [1.54, 1.807) is 0 Å². The Kier molecular flexibility index (Phi) is 4.19. The van der Waals surface area contributed by atoms with E-state index in [-0.39, 0.29) is 12.5 Å². The second kappa shape index (κ2) is 5.42. The summed E-state index contributed by atoms with van der Waals surface area (Å²) in [4.78, 5) is 12.0. The van der Waals surface area contributed by atoms with Crippen LogP contribution in [0, 0.1) is 0 Å². The topological polar surface area (TPSA) is 106 Å². The second-order valence-electron chi connectivity index (χ2n) is 3.25. The number of hydrogen-bond donors (Lipinski definition) is 3. The van der Waals surface area contributed by atoms with Crippen LogP contribution in [0.3, 0.4) is 0 Å². The molecule has 0 radical (unpaired) electrons. The lowest BCUT2D eigenvalue weighted by Gasteiger charge is -2.18. The summed E-state index contributed by atoms with van der Waals surface area (Å²) in [5.41, 5.74) is 5.69. The highest BCUT2D eigenvalue weighted by Crippen LogP contribution is 1.92. The number of nitrogens with one attached hydrogen (secondary N) is 1. The first-order valence-corrected chi connectivity index (χ1v) is 4.61. The molecule has 0 bridgehead atoms. The lowest BCUT2D eigenvalue weighted by molar-refractivity contribution is -0.119. The molecule has 1 aromatic rings. The Morgan fingerprint density at radius 3 is 2.73 bits per heavy atom. The van der Waals surface area contributed by atoms with Gasteiger partial charge in [0.25, 0.3) is 0 Å². The highest BCUT2D eigenvalue weighted by Gasteiger charge is 2.15. The predicted octanol–water partition coefficient (Wildman–Crippen LogP) is -1.90. The number of aliphatic hydroxyl groups is 1. The van der Waals surface area contributed by atoms with Gasteiger partial charge in [-0.15, -0.1) is 0 Å². The van der Waals surface area contributed by atoms with Crippen molar-refractivity contribution in [2.75, 3.05) is 6.54 Å². The minimum Gasteiger partial charge on any atom is -0.390 e. The van der Waals surface area contributed by atoms with Crippen molar-refractivity contribution in [1.82, 2.24) is 20.3 Å². The van der Waals surface area contributed by atoms with Crippen molar-refractivity contribution in [3.8, 4) is 0 Å². The number of hydrogen-bond acceptors (Lipinski definition) is 5. The van der Waals surface area contributed by atoms with Crippen LogP contribution in [-0.4, -0.2) is 44.7 Å². The second-order valence-corrected chi connectivity index (χ2v) is 3.25. The van der Waals surface area contributed by atoms with Crippen LogP contribution in [0.15, 0.2) is 12.4 Å². The Morgan fingerprint density at radius 1 is 1.60 bits per heavy atom. The molecule has 0 aliphatic heterocycles. The minimum absolute atomic E-state index is 0.137. The molecule has 4 N–H and O–H groups in total. The molecule has 7 heteroatoms. The number of nitrogens with zero attached hydrogens (tertiary/aromatic N) is 3. The molecule has 2 atom stereocenters. The van der Waals surface area contributed by atoms with Crippen molar-refractivity contribution >= 4 is 5.91 Å². The summed E-state index contributed by atoms with van der Waals surface area (Å²) in [5.74, 6) is -0.196. The first kappa shape index (κ1) is 11.6. The third-order valence-electron chi connectivity index (χ3n) is 1.90. The van der Waals surface area contributed by atoms with Crippen LogP contribution in [0.4, 0.5) is 0 Å². The summed E-state index contributed by atoms with van der Waals surface area (Å²) in [6.07, 6.45) is 2.26. The molecule has 15 heavy (non-hydrogen) atoms. The fourth-order valence-corrected chi connectivity index (χ4v) is 1.05. The predicted molar refractivity (Wildman–Crippen MR) is 52.7 cm³/mol. The molecule has 0 aromatic carbocycles. The summed E-state index contributed by atoms with van der Waals surface area (Å²) in [6.45, 7) is 1.83. The summed E-state index contributed by atoms with van der Waals surface area (Å²) in [7, 11) is 0. The molecule has 0 saturated carbocycles. The highest BCUT2D eigenvalue weighted by atomic mass is 16.3. The van der Waals surface area contributed by atoms with Gasteiger partial charge in [-0.25, -0.2) is 0 Å². The van der Waals surface area contributed by atoms with Crippen molar-refractivity contribution in [1.29, 1.82) is 0 Å². The van der Waals surface area contributed by atoms with E-state index in [2.05, 4.69) is 15.5 Å². The normalized spacial score (nSPS) is 14.6. The van der Waals surface area contributed by atoms with Crippen molar-refractivity contribution in [3.63, 3.8) is 0 Å². The van der Waals surface area contributed by atoms with Gasteiger partial charge in [0.2, 0.25) is 5.91 Å². The molecule has 1 aromatic heterocycles. The van der Waals surface area contributed by atoms with E-state index in [4.69, 9.17) is 5.73 Å².